The maximum absolute atomic E-state index is 12.3. The lowest BCUT2D eigenvalue weighted by Gasteiger charge is -2.17. The zero-order valence-electron chi connectivity index (χ0n) is 12.7. The van der Waals surface area contributed by atoms with Gasteiger partial charge in [-0.2, -0.15) is 0 Å². The zero-order valence-corrected chi connectivity index (χ0v) is 12.7. The molecule has 0 atom stereocenters. The molecule has 1 N–H and O–H groups in total. The third-order valence-electron chi connectivity index (χ3n) is 3.49. The van der Waals surface area contributed by atoms with E-state index in [4.69, 9.17) is 4.52 Å². The molecule has 112 valence electrons. The van der Waals surface area contributed by atoms with E-state index in [-0.39, 0.29) is 17.1 Å². The Morgan fingerprint density at radius 2 is 2.14 bits per heavy atom. The van der Waals surface area contributed by atoms with Crippen molar-refractivity contribution in [3.8, 4) is 0 Å². The minimum absolute atomic E-state index is 0.211. The summed E-state index contributed by atoms with van der Waals surface area (Å²) >= 11 is 0. The second kappa shape index (κ2) is 4.68. The van der Waals surface area contributed by atoms with Gasteiger partial charge in [-0.3, -0.25) is 4.79 Å². The SMILES string of the molecule is Cc1noc(C2CC2)c1NC(=O)c1cn(C(C)(C)C)nn1. The van der Waals surface area contributed by atoms with Crippen molar-refractivity contribution in [1.29, 1.82) is 0 Å². The summed E-state index contributed by atoms with van der Waals surface area (Å²) in [5.74, 6) is 0.856. The Labute approximate surface area is 122 Å². The molecule has 1 saturated carbocycles. The quantitative estimate of drug-likeness (QED) is 0.938. The van der Waals surface area contributed by atoms with Crippen molar-refractivity contribution in [2.24, 2.45) is 0 Å². The molecule has 0 bridgehead atoms. The first-order chi connectivity index (χ1) is 9.86. The summed E-state index contributed by atoms with van der Waals surface area (Å²) in [5.41, 5.74) is 1.44. The van der Waals surface area contributed by atoms with Gasteiger partial charge in [0.2, 0.25) is 0 Å². The van der Waals surface area contributed by atoms with Gasteiger partial charge in [0.1, 0.15) is 11.4 Å². The number of aromatic nitrogens is 4. The summed E-state index contributed by atoms with van der Waals surface area (Å²) in [6, 6.07) is 0. The molecule has 2 heterocycles. The van der Waals surface area contributed by atoms with E-state index in [2.05, 4.69) is 20.8 Å². The summed E-state index contributed by atoms with van der Waals surface area (Å²) in [5, 5.41) is 14.7. The van der Waals surface area contributed by atoms with E-state index in [1.807, 2.05) is 27.7 Å². The number of nitrogens with one attached hydrogen (secondary N) is 1. The molecule has 1 amide bonds. The van der Waals surface area contributed by atoms with E-state index in [1.165, 1.54) is 0 Å². The van der Waals surface area contributed by atoms with Gasteiger partial charge < -0.3 is 9.84 Å². The normalized spacial score (nSPS) is 15.2. The van der Waals surface area contributed by atoms with Gasteiger partial charge in [-0.05, 0) is 40.5 Å². The van der Waals surface area contributed by atoms with E-state index >= 15 is 0 Å². The van der Waals surface area contributed by atoms with E-state index in [9.17, 15) is 4.79 Å². The highest BCUT2D eigenvalue weighted by Crippen LogP contribution is 2.44. The molecule has 1 aliphatic carbocycles. The third kappa shape index (κ3) is 2.68. The Balaban J connectivity index is 1.80. The minimum Gasteiger partial charge on any atom is -0.359 e. The Kier molecular flexibility index (Phi) is 3.07. The van der Waals surface area contributed by atoms with Crippen LogP contribution in [0.3, 0.4) is 0 Å². The van der Waals surface area contributed by atoms with Gasteiger partial charge in [0.15, 0.2) is 11.5 Å². The summed E-state index contributed by atoms with van der Waals surface area (Å²) in [6.07, 6.45) is 3.81. The fraction of sp³-hybridized carbons (Fsp3) is 0.571. The lowest BCUT2D eigenvalue weighted by Crippen LogP contribution is -2.22. The van der Waals surface area contributed by atoms with Crippen LogP contribution in [0.2, 0.25) is 0 Å². The Hall–Kier alpha value is -2.18. The average Bonchev–Trinajstić information content (AvgIpc) is 2.98. The first-order valence-corrected chi connectivity index (χ1v) is 7.06. The molecule has 3 rings (SSSR count). The average molecular weight is 289 g/mol. The van der Waals surface area contributed by atoms with Crippen LogP contribution in [0.5, 0.6) is 0 Å². The molecule has 0 unspecified atom stereocenters. The smallest absolute Gasteiger partial charge is 0.277 e. The summed E-state index contributed by atoms with van der Waals surface area (Å²) < 4.78 is 6.98. The van der Waals surface area contributed by atoms with Crippen molar-refractivity contribution in [3.63, 3.8) is 0 Å². The van der Waals surface area contributed by atoms with Crippen molar-refractivity contribution in [3.05, 3.63) is 23.3 Å². The molecule has 0 aromatic carbocycles. The van der Waals surface area contributed by atoms with Crippen LogP contribution < -0.4 is 5.32 Å². The van der Waals surface area contributed by atoms with E-state index in [0.29, 0.717) is 17.3 Å². The van der Waals surface area contributed by atoms with Crippen molar-refractivity contribution >= 4 is 11.6 Å². The maximum atomic E-state index is 12.3. The molecule has 2 aromatic heterocycles. The summed E-state index contributed by atoms with van der Waals surface area (Å²) in [6.45, 7) is 7.81. The number of aryl methyl sites for hydroxylation is 1. The van der Waals surface area contributed by atoms with Crippen LogP contribution >= 0.6 is 0 Å². The van der Waals surface area contributed by atoms with Gasteiger partial charge in [-0.25, -0.2) is 4.68 Å². The van der Waals surface area contributed by atoms with Crippen molar-refractivity contribution in [1.82, 2.24) is 20.2 Å². The van der Waals surface area contributed by atoms with Gasteiger partial charge in [-0.1, -0.05) is 10.4 Å². The monoisotopic (exact) mass is 289 g/mol. The highest BCUT2D eigenvalue weighted by Gasteiger charge is 2.32. The number of rotatable bonds is 3. The van der Waals surface area contributed by atoms with Gasteiger partial charge >= 0.3 is 0 Å². The topological polar surface area (TPSA) is 85.8 Å². The summed E-state index contributed by atoms with van der Waals surface area (Å²) in [7, 11) is 0. The fourth-order valence-electron chi connectivity index (χ4n) is 2.04. The molecule has 7 heteroatoms. The number of nitrogens with zero attached hydrogens (tertiary/aromatic N) is 4. The first kappa shape index (κ1) is 13.8. The number of hydrogen-bond donors (Lipinski definition) is 1. The van der Waals surface area contributed by atoms with Crippen LogP contribution in [0.1, 0.15) is 61.5 Å². The highest BCUT2D eigenvalue weighted by atomic mass is 16.5. The molecule has 2 aromatic rings. The van der Waals surface area contributed by atoms with Crippen molar-refractivity contribution < 1.29 is 9.32 Å². The molecular formula is C14H19N5O2. The highest BCUT2D eigenvalue weighted by molar-refractivity contribution is 6.03. The minimum atomic E-state index is -0.293. The van der Waals surface area contributed by atoms with E-state index in [1.54, 1.807) is 10.9 Å². The predicted octanol–water partition coefficient (Wildman–Crippen LogP) is 2.46. The Morgan fingerprint density at radius 1 is 1.43 bits per heavy atom. The largest absolute Gasteiger partial charge is 0.359 e. The standard InChI is InChI=1S/C14H19N5O2/c1-8-11(12(21-17-8)9-5-6-9)15-13(20)10-7-19(18-16-10)14(2,3)4/h7,9H,5-6H2,1-4H3,(H,15,20). The van der Waals surface area contributed by atoms with Crippen LogP contribution in [-0.2, 0) is 5.54 Å². The lowest BCUT2D eigenvalue weighted by molar-refractivity contribution is 0.102. The molecule has 0 aliphatic heterocycles. The Bertz CT molecular complexity index is 676. The van der Waals surface area contributed by atoms with Crippen LogP contribution in [0.25, 0.3) is 0 Å². The second-order valence-corrected chi connectivity index (χ2v) is 6.45. The number of carbonyl (C=O) groups is 1. The number of hydrogen-bond acceptors (Lipinski definition) is 5. The molecule has 0 saturated heterocycles. The first-order valence-electron chi connectivity index (χ1n) is 7.06. The van der Waals surface area contributed by atoms with Gasteiger partial charge in [-0.15, -0.1) is 5.10 Å². The predicted molar refractivity (Wildman–Crippen MR) is 76.2 cm³/mol. The van der Waals surface area contributed by atoms with Gasteiger partial charge in [0.25, 0.3) is 5.91 Å². The molecule has 0 radical (unpaired) electrons. The molecule has 0 spiro atoms. The van der Waals surface area contributed by atoms with Crippen molar-refractivity contribution in [2.45, 2.75) is 52.0 Å². The Morgan fingerprint density at radius 3 is 2.71 bits per heavy atom. The van der Waals surface area contributed by atoms with Crippen LogP contribution in [0.4, 0.5) is 5.69 Å². The molecule has 1 fully saturated rings. The fourth-order valence-corrected chi connectivity index (χ4v) is 2.04. The molecule has 7 nitrogen and oxygen atoms in total. The second-order valence-electron chi connectivity index (χ2n) is 6.45. The number of carbonyl (C=O) groups excluding carboxylic acids is 1. The summed E-state index contributed by atoms with van der Waals surface area (Å²) in [4.78, 5) is 12.3. The van der Waals surface area contributed by atoms with Crippen LogP contribution in [0.15, 0.2) is 10.7 Å². The van der Waals surface area contributed by atoms with E-state index in [0.717, 1.165) is 18.6 Å². The number of anilines is 1. The van der Waals surface area contributed by atoms with E-state index < -0.39 is 0 Å². The van der Waals surface area contributed by atoms with Crippen molar-refractivity contribution in [2.75, 3.05) is 5.32 Å². The molecular weight excluding hydrogens is 270 g/mol. The molecule has 21 heavy (non-hydrogen) atoms. The molecule has 1 aliphatic rings. The van der Waals surface area contributed by atoms with Gasteiger partial charge in [0, 0.05) is 5.92 Å². The lowest BCUT2D eigenvalue weighted by atomic mass is 10.1. The van der Waals surface area contributed by atoms with Crippen LogP contribution in [0, 0.1) is 6.92 Å². The number of amides is 1. The van der Waals surface area contributed by atoms with Gasteiger partial charge in [0.05, 0.1) is 11.7 Å². The van der Waals surface area contributed by atoms with Crippen LogP contribution in [-0.4, -0.2) is 26.1 Å². The maximum Gasteiger partial charge on any atom is 0.277 e. The zero-order chi connectivity index (χ0) is 15.2. The third-order valence-corrected chi connectivity index (χ3v) is 3.49.